The molecule has 0 aliphatic heterocycles. The Morgan fingerprint density at radius 2 is 1.58 bits per heavy atom. The van der Waals surface area contributed by atoms with Crippen LogP contribution >= 0.6 is 0 Å². The normalized spacial score (nSPS) is 20.0. The molecule has 1 saturated carbocycles. The minimum absolute atomic E-state index is 0.591. The number of aryl methyl sites for hydroxylation is 1. The Morgan fingerprint density at radius 3 is 2.35 bits per heavy atom. The average Bonchev–Trinajstić information content (AvgIpc) is 2.82. The van der Waals surface area contributed by atoms with Crippen molar-refractivity contribution in [2.75, 3.05) is 0 Å². The van der Waals surface area contributed by atoms with E-state index in [9.17, 15) is 0 Å². The van der Waals surface area contributed by atoms with Crippen molar-refractivity contribution >= 4 is 0 Å². The van der Waals surface area contributed by atoms with Gasteiger partial charge in [0.1, 0.15) is 0 Å². The van der Waals surface area contributed by atoms with Gasteiger partial charge in [0.2, 0.25) is 0 Å². The van der Waals surface area contributed by atoms with E-state index in [4.69, 9.17) is 0 Å². The summed E-state index contributed by atoms with van der Waals surface area (Å²) in [6, 6.07) is 11.3. The van der Waals surface area contributed by atoms with Crippen molar-refractivity contribution in [3.05, 3.63) is 53.9 Å². The van der Waals surface area contributed by atoms with Crippen molar-refractivity contribution in [3.8, 4) is 11.1 Å². The van der Waals surface area contributed by atoms with Gasteiger partial charge < -0.3 is 0 Å². The number of benzene rings is 1. The van der Waals surface area contributed by atoms with Crippen LogP contribution in [0, 0.1) is 11.8 Å². The maximum atomic E-state index is 4.55. The Bertz CT molecular complexity index is 757. The number of hydrogen-bond acceptors (Lipinski definition) is 1. The van der Waals surface area contributed by atoms with Crippen molar-refractivity contribution in [3.63, 3.8) is 0 Å². The molecule has 0 bridgehead atoms. The van der Waals surface area contributed by atoms with Crippen LogP contribution in [0.5, 0.6) is 0 Å². The summed E-state index contributed by atoms with van der Waals surface area (Å²) in [5.41, 5.74) is 5.78. The predicted octanol–water partition coefficient (Wildman–Crippen LogP) is 9.36. The van der Waals surface area contributed by atoms with Crippen LogP contribution in [0.2, 0.25) is 0 Å². The molecule has 1 heterocycles. The molecule has 1 fully saturated rings. The van der Waals surface area contributed by atoms with Gasteiger partial charge in [-0.3, -0.25) is 4.98 Å². The Morgan fingerprint density at radius 1 is 0.839 bits per heavy atom. The second-order valence-electron chi connectivity index (χ2n) is 10.00. The summed E-state index contributed by atoms with van der Waals surface area (Å²) in [7, 11) is 0. The van der Waals surface area contributed by atoms with Crippen molar-refractivity contribution in [2.45, 2.75) is 110 Å². The fourth-order valence-electron chi connectivity index (χ4n) is 5.73. The summed E-state index contributed by atoms with van der Waals surface area (Å²) in [5, 5.41) is 0. The van der Waals surface area contributed by atoms with Gasteiger partial charge in [0, 0.05) is 12.4 Å². The van der Waals surface area contributed by atoms with Crippen LogP contribution in [-0.4, -0.2) is 4.98 Å². The molecule has 1 heteroatoms. The second kappa shape index (κ2) is 13.0. The molecule has 1 aromatic heterocycles. The molecule has 0 N–H and O–H groups in total. The third-order valence-corrected chi connectivity index (χ3v) is 7.73. The van der Waals surface area contributed by atoms with Crippen LogP contribution in [0.25, 0.3) is 11.1 Å². The van der Waals surface area contributed by atoms with Gasteiger partial charge in [-0.1, -0.05) is 109 Å². The maximum absolute atomic E-state index is 4.55. The third kappa shape index (κ3) is 6.93. The van der Waals surface area contributed by atoms with E-state index in [0.29, 0.717) is 5.92 Å². The zero-order valence-electron chi connectivity index (χ0n) is 20.4. The highest BCUT2D eigenvalue weighted by atomic mass is 14.6. The predicted molar refractivity (Wildman–Crippen MR) is 136 cm³/mol. The van der Waals surface area contributed by atoms with E-state index in [1.807, 2.05) is 6.20 Å². The van der Waals surface area contributed by atoms with Crippen molar-refractivity contribution < 1.29 is 0 Å². The van der Waals surface area contributed by atoms with Crippen molar-refractivity contribution in [2.24, 2.45) is 11.8 Å². The van der Waals surface area contributed by atoms with E-state index in [1.165, 1.54) is 99.3 Å². The van der Waals surface area contributed by atoms with E-state index < -0.39 is 0 Å². The van der Waals surface area contributed by atoms with E-state index in [-0.39, 0.29) is 0 Å². The van der Waals surface area contributed by atoms with Crippen molar-refractivity contribution in [1.82, 2.24) is 4.98 Å². The van der Waals surface area contributed by atoms with E-state index in [1.54, 1.807) is 0 Å². The molecule has 0 saturated heterocycles. The average molecular weight is 420 g/mol. The largest absolute Gasteiger partial charge is 0.264 e. The van der Waals surface area contributed by atoms with E-state index in [0.717, 1.165) is 18.3 Å². The summed E-state index contributed by atoms with van der Waals surface area (Å²) in [5.74, 6) is 2.38. The molecular formula is C30H45N. The standard InChI is InChI=1S/C30H45N/c1-4-6-7-8-9-10-14-25-17-19-26(20-18-25)24(3)30-23-31-22-21-29(30)28-16-12-11-15-27(28)13-5-2/h11-12,15-16,21-26H,4-10,13-14,17-20H2,1-3H3. The first kappa shape index (κ1) is 24.0. The first-order chi connectivity index (χ1) is 15.2. The molecule has 0 spiro atoms. The van der Waals surface area contributed by atoms with Crippen LogP contribution in [0.4, 0.5) is 0 Å². The highest BCUT2D eigenvalue weighted by Gasteiger charge is 2.27. The third-order valence-electron chi connectivity index (χ3n) is 7.73. The minimum atomic E-state index is 0.591. The Hall–Kier alpha value is -1.63. The van der Waals surface area contributed by atoms with Gasteiger partial charge in [0.25, 0.3) is 0 Å². The Labute approximate surface area is 192 Å². The van der Waals surface area contributed by atoms with Gasteiger partial charge in [-0.25, -0.2) is 0 Å². The van der Waals surface area contributed by atoms with Crippen LogP contribution < -0.4 is 0 Å². The molecule has 31 heavy (non-hydrogen) atoms. The van der Waals surface area contributed by atoms with Gasteiger partial charge in [-0.15, -0.1) is 0 Å². The fourth-order valence-corrected chi connectivity index (χ4v) is 5.73. The number of unbranched alkanes of at least 4 members (excludes halogenated alkanes) is 5. The zero-order chi connectivity index (χ0) is 21.9. The fraction of sp³-hybridized carbons (Fsp3) is 0.633. The topological polar surface area (TPSA) is 12.9 Å². The highest BCUT2D eigenvalue weighted by Crippen LogP contribution is 2.42. The summed E-state index contributed by atoms with van der Waals surface area (Å²) in [4.78, 5) is 4.55. The summed E-state index contributed by atoms with van der Waals surface area (Å²) >= 11 is 0. The van der Waals surface area contributed by atoms with Crippen LogP contribution in [0.3, 0.4) is 0 Å². The number of hydrogen-bond donors (Lipinski definition) is 0. The van der Waals surface area contributed by atoms with Crippen LogP contribution in [-0.2, 0) is 6.42 Å². The molecular weight excluding hydrogens is 374 g/mol. The summed E-state index contributed by atoms with van der Waals surface area (Å²) < 4.78 is 0. The maximum Gasteiger partial charge on any atom is 0.0308 e. The second-order valence-corrected chi connectivity index (χ2v) is 10.00. The molecule has 1 nitrogen and oxygen atoms in total. The molecule has 2 aromatic rings. The molecule has 1 atom stereocenters. The molecule has 0 amide bonds. The van der Waals surface area contributed by atoms with Gasteiger partial charge >= 0.3 is 0 Å². The Kier molecular flexibility index (Phi) is 10.1. The lowest BCUT2D eigenvalue weighted by atomic mass is 9.72. The first-order valence-corrected chi connectivity index (χ1v) is 13.3. The molecule has 1 aliphatic rings. The van der Waals surface area contributed by atoms with Crippen LogP contribution in [0.1, 0.15) is 115 Å². The van der Waals surface area contributed by atoms with E-state index >= 15 is 0 Å². The monoisotopic (exact) mass is 419 g/mol. The lowest BCUT2D eigenvalue weighted by Crippen LogP contribution is -2.20. The SMILES string of the molecule is CCCCCCCCC1CCC(C(C)c2cnccc2-c2ccccc2CCC)CC1. The van der Waals surface area contributed by atoms with E-state index in [2.05, 4.69) is 62.3 Å². The molecule has 3 rings (SSSR count). The van der Waals surface area contributed by atoms with Gasteiger partial charge in [0.15, 0.2) is 0 Å². The molecule has 1 aromatic carbocycles. The number of pyridine rings is 1. The summed E-state index contributed by atoms with van der Waals surface area (Å²) in [6.45, 7) is 7.04. The smallest absolute Gasteiger partial charge is 0.0308 e. The lowest BCUT2D eigenvalue weighted by molar-refractivity contribution is 0.236. The van der Waals surface area contributed by atoms with Crippen molar-refractivity contribution in [1.29, 1.82) is 0 Å². The molecule has 1 unspecified atom stereocenters. The highest BCUT2D eigenvalue weighted by molar-refractivity contribution is 5.71. The lowest BCUT2D eigenvalue weighted by Gasteiger charge is -2.33. The number of nitrogens with zero attached hydrogens (tertiary/aromatic N) is 1. The quantitative estimate of drug-likeness (QED) is 0.312. The number of rotatable bonds is 12. The zero-order valence-corrected chi connectivity index (χ0v) is 20.4. The van der Waals surface area contributed by atoms with Gasteiger partial charge in [-0.2, -0.15) is 0 Å². The van der Waals surface area contributed by atoms with Gasteiger partial charge in [0.05, 0.1) is 0 Å². The molecule has 0 radical (unpaired) electrons. The summed E-state index contributed by atoms with van der Waals surface area (Å²) in [6.07, 6.45) is 22.2. The number of aromatic nitrogens is 1. The molecule has 170 valence electrons. The minimum Gasteiger partial charge on any atom is -0.264 e. The first-order valence-electron chi connectivity index (χ1n) is 13.3. The van der Waals surface area contributed by atoms with Crippen LogP contribution in [0.15, 0.2) is 42.7 Å². The molecule has 1 aliphatic carbocycles. The Balaban J connectivity index is 1.58. The van der Waals surface area contributed by atoms with Gasteiger partial charge in [-0.05, 0) is 65.3 Å².